The predicted molar refractivity (Wildman–Crippen MR) is 86.9 cm³/mol. The molecule has 0 fully saturated rings. The molecule has 1 N–H and O–H groups in total. The molecule has 1 aromatic heterocycles. The molecule has 112 valence electrons. The monoisotopic (exact) mass is 304 g/mol. The Labute approximate surface area is 131 Å². The van der Waals surface area contributed by atoms with Crippen LogP contribution in [0.25, 0.3) is 0 Å². The Morgan fingerprint density at radius 1 is 1.29 bits per heavy atom. The standard InChI is InChI=1S/C17H21ClN2O/c1-2-8-19-13-15-11-16(18)5-6-17(15)21-10-7-14-4-3-9-20-12-14/h3-6,9,11-12,19H,2,7-8,10,13H2,1H3. The van der Waals surface area contributed by atoms with E-state index >= 15 is 0 Å². The summed E-state index contributed by atoms with van der Waals surface area (Å²) in [7, 11) is 0. The van der Waals surface area contributed by atoms with Gasteiger partial charge in [-0.2, -0.15) is 0 Å². The lowest BCUT2D eigenvalue weighted by atomic mass is 10.2. The molecule has 3 nitrogen and oxygen atoms in total. The summed E-state index contributed by atoms with van der Waals surface area (Å²) in [6.07, 6.45) is 5.60. The maximum atomic E-state index is 6.07. The zero-order valence-corrected chi connectivity index (χ0v) is 13.1. The Morgan fingerprint density at radius 3 is 2.95 bits per heavy atom. The molecular weight excluding hydrogens is 284 g/mol. The SMILES string of the molecule is CCCNCc1cc(Cl)ccc1OCCc1cccnc1. The van der Waals surface area contributed by atoms with E-state index in [0.29, 0.717) is 6.61 Å². The van der Waals surface area contributed by atoms with E-state index in [1.165, 1.54) is 5.56 Å². The number of halogens is 1. The molecule has 0 aliphatic carbocycles. The zero-order chi connectivity index (χ0) is 14.9. The van der Waals surface area contributed by atoms with Crippen LogP contribution in [0, 0.1) is 0 Å². The van der Waals surface area contributed by atoms with Crippen molar-refractivity contribution in [3.8, 4) is 5.75 Å². The van der Waals surface area contributed by atoms with Gasteiger partial charge in [0.05, 0.1) is 6.61 Å². The van der Waals surface area contributed by atoms with E-state index in [-0.39, 0.29) is 0 Å². The van der Waals surface area contributed by atoms with E-state index in [4.69, 9.17) is 16.3 Å². The first-order chi connectivity index (χ1) is 10.3. The van der Waals surface area contributed by atoms with E-state index < -0.39 is 0 Å². The Hall–Kier alpha value is -1.58. The van der Waals surface area contributed by atoms with Gasteiger partial charge >= 0.3 is 0 Å². The molecule has 0 aliphatic rings. The Kier molecular flexibility index (Phi) is 6.51. The number of rotatable bonds is 8. The number of nitrogens with zero attached hydrogens (tertiary/aromatic N) is 1. The lowest BCUT2D eigenvalue weighted by Gasteiger charge is -2.12. The molecule has 4 heteroatoms. The van der Waals surface area contributed by atoms with Crippen LogP contribution in [-0.4, -0.2) is 18.1 Å². The highest BCUT2D eigenvalue weighted by Crippen LogP contribution is 2.23. The van der Waals surface area contributed by atoms with Crippen molar-refractivity contribution in [2.24, 2.45) is 0 Å². The second kappa shape index (κ2) is 8.65. The van der Waals surface area contributed by atoms with Crippen molar-refractivity contribution >= 4 is 11.6 Å². The van der Waals surface area contributed by atoms with Crippen LogP contribution < -0.4 is 10.1 Å². The molecule has 0 aliphatic heterocycles. The van der Waals surface area contributed by atoms with Crippen LogP contribution in [0.1, 0.15) is 24.5 Å². The summed E-state index contributed by atoms with van der Waals surface area (Å²) < 4.78 is 5.90. The second-order valence-electron chi connectivity index (χ2n) is 4.89. The Bertz CT molecular complexity index is 546. The van der Waals surface area contributed by atoms with Crippen molar-refractivity contribution in [1.29, 1.82) is 0 Å². The van der Waals surface area contributed by atoms with E-state index in [1.54, 1.807) is 6.20 Å². The first kappa shape index (κ1) is 15.8. The van der Waals surface area contributed by atoms with Crippen LogP contribution in [0.5, 0.6) is 5.75 Å². The van der Waals surface area contributed by atoms with Crippen LogP contribution >= 0.6 is 11.6 Å². The summed E-state index contributed by atoms with van der Waals surface area (Å²) in [5, 5.41) is 4.12. The normalized spacial score (nSPS) is 10.6. The third kappa shape index (κ3) is 5.37. The maximum Gasteiger partial charge on any atom is 0.123 e. The van der Waals surface area contributed by atoms with Crippen LogP contribution in [0.15, 0.2) is 42.7 Å². The van der Waals surface area contributed by atoms with Crippen molar-refractivity contribution in [2.75, 3.05) is 13.2 Å². The van der Waals surface area contributed by atoms with Crippen LogP contribution in [-0.2, 0) is 13.0 Å². The molecule has 0 unspecified atom stereocenters. The summed E-state index contributed by atoms with van der Waals surface area (Å²) in [6, 6.07) is 9.77. The molecule has 0 atom stereocenters. The lowest BCUT2D eigenvalue weighted by Crippen LogP contribution is -2.15. The van der Waals surface area contributed by atoms with Crippen LogP contribution in [0.2, 0.25) is 5.02 Å². The molecule has 0 saturated carbocycles. The number of nitrogens with one attached hydrogen (secondary N) is 1. The zero-order valence-electron chi connectivity index (χ0n) is 12.3. The fraction of sp³-hybridized carbons (Fsp3) is 0.353. The fourth-order valence-electron chi connectivity index (χ4n) is 2.05. The van der Waals surface area contributed by atoms with Gasteiger partial charge in [-0.05, 0) is 42.8 Å². The highest BCUT2D eigenvalue weighted by atomic mass is 35.5. The van der Waals surface area contributed by atoms with Gasteiger partial charge in [-0.1, -0.05) is 24.6 Å². The fourth-order valence-corrected chi connectivity index (χ4v) is 2.25. The van der Waals surface area contributed by atoms with Crippen molar-refractivity contribution < 1.29 is 4.74 Å². The largest absolute Gasteiger partial charge is 0.493 e. The van der Waals surface area contributed by atoms with E-state index in [2.05, 4.69) is 23.3 Å². The van der Waals surface area contributed by atoms with E-state index in [0.717, 1.165) is 42.3 Å². The molecule has 0 radical (unpaired) electrons. The van der Waals surface area contributed by atoms with Gasteiger partial charge in [0.15, 0.2) is 0 Å². The highest BCUT2D eigenvalue weighted by molar-refractivity contribution is 6.30. The van der Waals surface area contributed by atoms with Gasteiger partial charge in [-0.25, -0.2) is 0 Å². The topological polar surface area (TPSA) is 34.1 Å². The number of benzene rings is 1. The first-order valence-electron chi connectivity index (χ1n) is 7.30. The Morgan fingerprint density at radius 2 is 2.19 bits per heavy atom. The summed E-state index contributed by atoms with van der Waals surface area (Å²) in [6.45, 7) is 4.54. The van der Waals surface area contributed by atoms with Gasteiger partial charge in [0.1, 0.15) is 5.75 Å². The molecule has 0 spiro atoms. The summed E-state index contributed by atoms with van der Waals surface area (Å²) in [5.74, 6) is 0.895. The summed E-state index contributed by atoms with van der Waals surface area (Å²) in [5.41, 5.74) is 2.28. The number of hydrogen-bond acceptors (Lipinski definition) is 3. The Balaban J connectivity index is 1.92. The number of pyridine rings is 1. The average Bonchev–Trinajstić information content (AvgIpc) is 2.51. The molecular formula is C17H21ClN2O. The number of ether oxygens (including phenoxy) is 1. The van der Waals surface area contributed by atoms with Gasteiger partial charge in [0.25, 0.3) is 0 Å². The van der Waals surface area contributed by atoms with Gasteiger partial charge in [0, 0.05) is 35.9 Å². The lowest BCUT2D eigenvalue weighted by molar-refractivity contribution is 0.317. The molecule has 1 aromatic carbocycles. The van der Waals surface area contributed by atoms with Gasteiger partial charge in [-0.3, -0.25) is 4.98 Å². The van der Waals surface area contributed by atoms with E-state index in [1.807, 2.05) is 30.5 Å². The number of hydrogen-bond donors (Lipinski definition) is 1. The molecule has 0 amide bonds. The number of aromatic nitrogens is 1. The average molecular weight is 305 g/mol. The van der Waals surface area contributed by atoms with Gasteiger partial charge < -0.3 is 10.1 Å². The minimum Gasteiger partial charge on any atom is -0.493 e. The maximum absolute atomic E-state index is 6.07. The summed E-state index contributed by atoms with van der Waals surface area (Å²) >= 11 is 6.07. The van der Waals surface area contributed by atoms with Crippen molar-refractivity contribution in [2.45, 2.75) is 26.3 Å². The molecule has 21 heavy (non-hydrogen) atoms. The van der Waals surface area contributed by atoms with E-state index in [9.17, 15) is 0 Å². The summed E-state index contributed by atoms with van der Waals surface area (Å²) in [4.78, 5) is 4.11. The second-order valence-corrected chi connectivity index (χ2v) is 5.32. The third-order valence-electron chi connectivity index (χ3n) is 3.14. The minimum absolute atomic E-state index is 0.633. The molecule has 2 rings (SSSR count). The predicted octanol–water partition coefficient (Wildman–Crippen LogP) is 3.86. The van der Waals surface area contributed by atoms with Crippen molar-refractivity contribution in [1.82, 2.24) is 10.3 Å². The first-order valence-corrected chi connectivity index (χ1v) is 7.68. The van der Waals surface area contributed by atoms with Crippen molar-refractivity contribution in [3.05, 3.63) is 58.9 Å². The van der Waals surface area contributed by atoms with Crippen LogP contribution in [0.4, 0.5) is 0 Å². The minimum atomic E-state index is 0.633. The quantitative estimate of drug-likeness (QED) is 0.752. The molecule has 2 aromatic rings. The molecule has 0 bridgehead atoms. The smallest absolute Gasteiger partial charge is 0.123 e. The van der Waals surface area contributed by atoms with Crippen molar-refractivity contribution in [3.63, 3.8) is 0 Å². The third-order valence-corrected chi connectivity index (χ3v) is 3.37. The molecule has 1 heterocycles. The molecule has 0 saturated heterocycles. The van der Waals surface area contributed by atoms with Gasteiger partial charge in [-0.15, -0.1) is 0 Å². The van der Waals surface area contributed by atoms with Crippen LogP contribution in [0.3, 0.4) is 0 Å². The van der Waals surface area contributed by atoms with Gasteiger partial charge in [0.2, 0.25) is 0 Å². The highest BCUT2D eigenvalue weighted by Gasteiger charge is 2.05.